The van der Waals surface area contributed by atoms with E-state index in [2.05, 4.69) is 27.0 Å². The van der Waals surface area contributed by atoms with E-state index in [-0.39, 0.29) is 5.97 Å². The van der Waals surface area contributed by atoms with Gasteiger partial charge < -0.3 is 9.72 Å². The van der Waals surface area contributed by atoms with Crippen molar-refractivity contribution in [1.82, 2.24) is 4.98 Å². The first kappa shape index (κ1) is 14.6. The van der Waals surface area contributed by atoms with Crippen molar-refractivity contribution in [3.8, 4) is 0 Å². The predicted octanol–water partition coefficient (Wildman–Crippen LogP) is 5.07. The molecule has 112 valence electrons. The van der Waals surface area contributed by atoms with Crippen LogP contribution in [0.3, 0.4) is 0 Å². The van der Waals surface area contributed by atoms with Gasteiger partial charge in [0.05, 0.1) is 22.8 Å². The van der Waals surface area contributed by atoms with E-state index in [1.165, 1.54) is 50.2 Å². The Labute approximate surface area is 133 Å². The number of rotatable bonds is 2. The van der Waals surface area contributed by atoms with Crippen LogP contribution in [0.1, 0.15) is 59.5 Å². The molecule has 21 heavy (non-hydrogen) atoms. The summed E-state index contributed by atoms with van der Waals surface area (Å²) in [7, 11) is 1.42. The van der Waals surface area contributed by atoms with E-state index in [4.69, 9.17) is 4.74 Å². The molecule has 3 nitrogen and oxygen atoms in total. The predicted molar refractivity (Wildman–Crippen MR) is 87.9 cm³/mol. The van der Waals surface area contributed by atoms with Crippen LogP contribution >= 0.6 is 15.9 Å². The van der Waals surface area contributed by atoms with Gasteiger partial charge in [-0.25, -0.2) is 4.79 Å². The van der Waals surface area contributed by atoms with E-state index in [1.807, 2.05) is 13.0 Å². The molecule has 1 aromatic heterocycles. The van der Waals surface area contributed by atoms with Crippen LogP contribution in [0.15, 0.2) is 16.7 Å². The molecule has 0 aliphatic heterocycles. The minimum atomic E-state index is -0.278. The summed E-state index contributed by atoms with van der Waals surface area (Å²) in [5, 5.41) is 1.24. The van der Waals surface area contributed by atoms with Crippen molar-refractivity contribution < 1.29 is 9.53 Å². The number of H-pyrrole nitrogens is 1. The zero-order valence-corrected chi connectivity index (χ0v) is 14.0. The summed E-state index contributed by atoms with van der Waals surface area (Å²) < 4.78 is 5.92. The van der Waals surface area contributed by atoms with Crippen molar-refractivity contribution in [2.75, 3.05) is 7.11 Å². The second-order valence-corrected chi connectivity index (χ2v) is 6.63. The van der Waals surface area contributed by atoms with Crippen LogP contribution in [0, 0.1) is 6.92 Å². The molecule has 0 spiro atoms. The summed E-state index contributed by atoms with van der Waals surface area (Å²) in [4.78, 5) is 15.2. The lowest BCUT2D eigenvalue weighted by Crippen LogP contribution is -2.05. The number of nitrogens with one attached hydrogen (secondary N) is 1. The number of hydrogen-bond acceptors (Lipinski definition) is 2. The monoisotopic (exact) mass is 349 g/mol. The van der Waals surface area contributed by atoms with Gasteiger partial charge in [0.15, 0.2) is 0 Å². The Morgan fingerprint density at radius 2 is 2.00 bits per heavy atom. The van der Waals surface area contributed by atoms with Gasteiger partial charge in [-0.05, 0) is 58.8 Å². The van der Waals surface area contributed by atoms with Crippen LogP contribution in [-0.2, 0) is 4.74 Å². The molecule has 1 aliphatic carbocycles. The quantitative estimate of drug-likeness (QED) is 0.768. The maximum atomic E-state index is 11.8. The maximum Gasteiger partial charge on any atom is 0.338 e. The van der Waals surface area contributed by atoms with Crippen LogP contribution in [0.25, 0.3) is 10.9 Å². The lowest BCUT2D eigenvalue weighted by atomic mass is 9.83. The number of aryl methyl sites for hydroxylation is 1. The van der Waals surface area contributed by atoms with Crippen LogP contribution < -0.4 is 0 Å². The smallest absolute Gasteiger partial charge is 0.338 e. The molecule has 1 N–H and O–H groups in total. The second-order valence-electron chi connectivity index (χ2n) is 5.84. The second kappa shape index (κ2) is 5.84. The molecule has 1 saturated carbocycles. The number of benzene rings is 1. The average molecular weight is 350 g/mol. The summed E-state index contributed by atoms with van der Waals surface area (Å²) in [6, 6.07) is 3.94. The molecular formula is C17H20BrNO2. The Kier molecular flexibility index (Phi) is 4.07. The van der Waals surface area contributed by atoms with Crippen molar-refractivity contribution in [3.63, 3.8) is 0 Å². The largest absolute Gasteiger partial charge is 0.465 e. The topological polar surface area (TPSA) is 42.1 Å². The van der Waals surface area contributed by atoms with Gasteiger partial charge in [-0.3, -0.25) is 0 Å². The third-order valence-electron chi connectivity index (χ3n) is 4.65. The molecule has 4 heteroatoms. The lowest BCUT2D eigenvalue weighted by molar-refractivity contribution is 0.0600. The van der Waals surface area contributed by atoms with Crippen LogP contribution in [0.5, 0.6) is 0 Å². The number of fused-ring (bicyclic) bond motifs is 1. The molecule has 0 unspecified atom stereocenters. The molecule has 1 fully saturated rings. The Morgan fingerprint density at radius 3 is 2.67 bits per heavy atom. The van der Waals surface area contributed by atoms with E-state index < -0.39 is 0 Å². The van der Waals surface area contributed by atoms with Gasteiger partial charge in [-0.15, -0.1) is 0 Å². The molecule has 0 amide bonds. The zero-order chi connectivity index (χ0) is 15.0. The SMILES string of the molecule is COC(=O)c1ccc2c(C3CCCCC3)c(Br)[nH]c2c1C. The fourth-order valence-electron chi connectivity index (χ4n) is 3.51. The maximum absolute atomic E-state index is 11.8. The number of methoxy groups -OCH3 is 1. The van der Waals surface area contributed by atoms with Gasteiger partial charge in [0.25, 0.3) is 0 Å². The molecule has 1 aromatic carbocycles. The van der Waals surface area contributed by atoms with Crippen LogP contribution in [0.4, 0.5) is 0 Å². The summed E-state index contributed by atoms with van der Waals surface area (Å²) in [6.45, 7) is 1.97. The van der Waals surface area contributed by atoms with E-state index >= 15 is 0 Å². The van der Waals surface area contributed by atoms with Crippen molar-refractivity contribution >= 4 is 32.8 Å². The Balaban J connectivity index is 2.13. The van der Waals surface area contributed by atoms with Gasteiger partial charge in [0.2, 0.25) is 0 Å². The van der Waals surface area contributed by atoms with E-state index in [1.54, 1.807) is 0 Å². The van der Waals surface area contributed by atoms with Gasteiger partial charge in [0, 0.05) is 5.39 Å². The number of hydrogen-bond donors (Lipinski definition) is 1. The lowest BCUT2D eigenvalue weighted by Gasteiger charge is -2.22. The number of carbonyl (C=O) groups is 1. The highest BCUT2D eigenvalue weighted by atomic mass is 79.9. The highest BCUT2D eigenvalue weighted by molar-refractivity contribution is 9.10. The standard InChI is InChI=1S/C17H20BrNO2/c1-10-12(17(20)21-2)8-9-13-14(16(18)19-15(10)13)11-6-4-3-5-7-11/h8-9,11,19H,3-7H2,1-2H3. The summed E-state index contributed by atoms with van der Waals surface area (Å²) >= 11 is 3.69. The summed E-state index contributed by atoms with van der Waals surface area (Å²) in [5.41, 5.74) is 4.02. The molecular weight excluding hydrogens is 330 g/mol. The summed E-state index contributed by atoms with van der Waals surface area (Å²) in [6.07, 6.45) is 6.47. The van der Waals surface area contributed by atoms with Crippen molar-refractivity contribution in [3.05, 3.63) is 33.4 Å². The van der Waals surface area contributed by atoms with Crippen LogP contribution in [0.2, 0.25) is 0 Å². The molecule has 0 bridgehead atoms. The first-order chi connectivity index (χ1) is 10.1. The zero-order valence-electron chi connectivity index (χ0n) is 12.5. The Bertz CT molecular complexity index is 684. The van der Waals surface area contributed by atoms with E-state index in [9.17, 15) is 4.79 Å². The van der Waals surface area contributed by atoms with Gasteiger partial charge in [-0.1, -0.05) is 25.3 Å². The van der Waals surface area contributed by atoms with Crippen molar-refractivity contribution in [1.29, 1.82) is 0 Å². The highest BCUT2D eigenvalue weighted by Gasteiger charge is 2.23. The molecule has 0 saturated heterocycles. The van der Waals surface area contributed by atoms with Crippen molar-refractivity contribution in [2.45, 2.75) is 44.9 Å². The first-order valence-electron chi connectivity index (χ1n) is 7.52. The fraction of sp³-hybridized carbons (Fsp3) is 0.471. The normalized spacial score (nSPS) is 16.3. The molecule has 0 radical (unpaired) electrons. The molecule has 0 atom stereocenters. The number of esters is 1. The van der Waals surface area contributed by atoms with Crippen LogP contribution in [-0.4, -0.2) is 18.1 Å². The number of halogens is 1. The van der Waals surface area contributed by atoms with Gasteiger partial charge in [0.1, 0.15) is 0 Å². The van der Waals surface area contributed by atoms with Gasteiger partial charge in [-0.2, -0.15) is 0 Å². The molecule has 1 aliphatic rings. The number of aromatic amines is 1. The molecule has 2 aromatic rings. The number of carbonyl (C=O) groups excluding carboxylic acids is 1. The van der Waals surface area contributed by atoms with E-state index in [0.29, 0.717) is 11.5 Å². The Morgan fingerprint density at radius 1 is 1.29 bits per heavy atom. The highest BCUT2D eigenvalue weighted by Crippen LogP contribution is 2.41. The average Bonchev–Trinajstić information content (AvgIpc) is 2.85. The first-order valence-corrected chi connectivity index (χ1v) is 8.31. The third-order valence-corrected chi connectivity index (χ3v) is 5.27. The minimum absolute atomic E-state index is 0.278. The number of ether oxygens (including phenoxy) is 1. The fourth-order valence-corrected chi connectivity index (χ4v) is 4.25. The third kappa shape index (κ3) is 2.50. The minimum Gasteiger partial charge on any atom is -0.465 e. The number of aromatic nitrogens is 1. The van der Waals surface area contributed by atoms with Crippen molar-refractivity contribution in [2.24, 2.45) is 0 Å². The Hall–Kier alpha value is -1.29. The van der Waals surface area contributed by atoms with E-state index in [0.717, 1.165) is 15.7 Å². The summed E-state index contributed by atoms with van der Waals surface area (Å²) in [5.74, 6) is 0.338. The molecule has 3 rings (SSSR count). The molecule has 1 heterocycles. The van der Waals surface area contributed by atoms with Gasteiger partial charge >= 0.3 is 5.97 Å².